The van der Waals surface area contributed by atoms with E-state index < -0.39 is 21.7 Å². The van der Waals surface area contributed by atoms with Crippen LogP contribution >= 0.6 is 24.0 Å². The molecule has 0 radical (unpaired) electrons. The lowest BCUT2D eigenvalue weighted by atomic mass is 10.0. The molecule has 1 heterocycles. The van der Waals surface area contributed by atoms with E-state index in [-0.39, 0.29) is 41.7 Å². The summed E-state index contributed by atoms with van der Waals surface area (Å²) in [6.07, 6.45) is 2.05. The number of aliphatic imine (C=N–C) groups is 1. The number of sulfonamides is 1. The van der Waals surface area contributed by atoms with Crippen molar-refractivity contribution in [1.29, 1.82) is 0 Å². The first-order chi connectivity index (χ1) is 13.8. The first kappa shape index (κ1) is 27.0. The molecule has 172 valence electrons. The Kier molecular flexibility index (Phi) is 11.5. The molecule has 1 aliphatic rings. The number of hydrogen-bond donors (Lipinski definition) is 2. The average molecular weight is 558 g/mol. The maximum absolute atomic E-state index is 13.4. The molecule has 0 aliphatic carbocycles. The van der Waals surface area contributed by atoms with Crippen LogP contribution in [0.1, 0.15) is 51.5 Å². The second kappa shape index (κ2) is 12.7. The molecule has 6 nitrogen and oxygen atoms in total. The molecule has 1 saturated heterocycles. The molecule has 2 N–H and O–H groups in total. The Hall–Kier alpha value is -1.01. The third-order valence-electron chi connectivity index (χ3n) is 5.03. The third kappa shape index (κ3) is 7.92. The van der Waals surface area contributed by atoms with Gasteiger partial charge >= 0.3 is 0 Å². The van der Waals surface area contributed by atoms with Gasteiger partial charge in [0.05, 0.1) is 5.75 Å². The van der Waals surface area contributed by atoms with E-state index in [4.69, 9.17) is 0 Å². The minimum atomic E-state index is -3.15. The van der Waals surface area contributed by atoms with Crippen molar-refractivity contribution in [3.63, 3.8) is 0 Å². The number of piperidine rings is 1. The van der Waals surface area contributed by atoms with Gasteiger partial charge in [0.25, 0.3) is 0 Å². The highest BCUT2D eigenvalue weighted by Gasteiger charge is 2.27. The van der Waals surface area contributed by atoms with Gasteiger partial charge in [-0.05, 0) is 43.9 Å². The van der Waals surface area contributed by atoms with Gasteiger partial charge in [0.15, 0.2) is 17.6 Å². The van der Waals surface area contributed by atoms with E-state index in [2.05, 4.69) is 15.6 Å². The monoisotopic (exact) mass is 558 g/mol. The molecule has 0 aromatic heterocycles. The van der Waals surface area contributed by atoms with Crippen LogP contribution in [0.15, 0.2) is 23.2 Å². The second-order valence-corrected chi connectivity index (χ2v) is 9.52. The minimum absolute atomic E-state index is 0. The zero-order valence-corrected chi connectivity index (χ0v) is 21.0. The maximum atomic E-state index is 13.4. The number of benzene rings is 1. The summed E-state index contributed by atoms with van der Waals surface area (Å²) in [7, 11) is -3.15. The van der Waals surface area contributed by atoms with Crippen LogP contribution in [0.5, 0.6) is 0 Å². The molecular weight excluding hydrogens is 525 g/mol. The van der Waals surface area contributed by atoms with Crippen molar-refractivity contribution >= 4 is 40.0 Å². The summed E-state index contributed by atoms with van der Waals surface area (Å²) in [5, 5.41) is 6.56. The van der Waals surface area contributed by atoms with Gasteiger partial charge in [0.2, 0.25) is 10.0 Å². The summed E-state index contributed by atoms with van der Waals surface area (Å²) in [5.74, 6) is -0.935. The summed E-state index contributed by atoms with van der Waals surface area (Å²) in [5.41, 5.74) is 0.693. The van der Waals surface area contributed by atoms with Crippen molar-refractivity contribution in [2.75, 3.05) is 31.9 Å². The summed E-state index contributed by atoms with van der Waals surface area (Å²) in [4.78, 5) is 4.58. The van der Waals surface area contributed by atoms with Gasteiger partial charge < -0.3 is 10.6 Å². The Balaban J connectivity index is 0.00000450. The second-order valence-electron chi connectivity index (χ2n) is 7.43. The standard InChI is InChI=1S/C20H32F2N4O2S.HI/c1-4-12-29(27,28)26-10-8-17(9-11-26)25-20(23-5-2)24-14-15(3)16-6-7-18(21)19(22)13-16;/h6-7,13,15,17H,4-5,8-12,14H2,1-3H3,(H2,23,24,25);1H. The third-order valence-corrected chi connectivity index (χ3v) is 7.11. The van der Waals surface area contributed by atoms with Crippen molar-refractivity contribution in [1.82, 2.24) is 14.9 Å². The molecule has 0 bridgehead atoms. The van der Waals surface area contributed by atoms with E-state index in [1.54, 1.807) is 10.4 Å². The van der Waals surface area contributed by atoms with E-state index in [1.165, 1.54) is 6.07 Å². The molecule has 1 atom stereocenters. The predicted octanol–water partition coefficient (Wildman–Crippen LogP) is 3.45. The smallest absolute Gasteiger partial charge is 0.214 e. The molecule has 0 amide bonds. The molecule has 0 spiro atoms. The molecule has 10 heteroatoms. The van der Waals surface area contributed by atoms with Crippen LogP contribution in [-0.4, -0.2) is 56.7 Å². The number of nitrogens with one attached hydrogen (secondary N) is 2. The Morgan fingerprint density at radius 2 is 1.90 bits per heavy atom. The predicted molar refractivity (Wildman–Crippen MR) is 128 cm³/mol. The van der Waals surface area contributed by atoms with Gasteiger partial charge in [-0.1, -0.05) is 19.9 Å². The molecule has 1 aliphatic heterocycles. The summed E-state index contributed by atoms with van der Waals surface area (Å²) >= 11 is 0. The van der Waals surface area contributed by atoms with Crippen LogP contribution in [0.3, 0.4) is 0 Å². The minimum Gasteiger partial charge on any atom is -0.357 e. The normalized spacial score (nSPS) is 17.3. The number of nitrogens with zero attached hydrogens (tertiary/aromatic N) is 2. The molecule has 30 heavy (non-hydrogen) atoms. The number of hydrogen-bond acceptors (Lipinski definition) is 3. The Bertz CT molecular complexity index is 800. The Labute approximate surface area is 196 Å². The van der Waals surface area contributed by atoms with Crippen LogP contribution in [-0.2, 0) is 10.0 Å². The first-order valence-electron chi connectivity index (χ1n) is 10.2. The topological polar surface area (TPSA) is 73.8 Å². The fraction of sp³-hybridized carbons (Fsp3) is 0.650. The summed E-state index contributed by atoms with van der Waals surface area (Å²) < 4.78 is 52.5. The van der Waals surface area contributed by atoms with Crippen LogP contribution < -0.4 is 10.6 Å². The van der Waals surface area contributed by atoms with Crippen molar-refractivity contribution in [2.45, 2.75) is 52.0 Å². The summed E-state index contributed by atoms with van der Waals surface area (Å²) in [6.45, 7) is 7.87. The van der Waals surface area contributed by atoms with Crippen LogP contribution in [0.4, 0.5) is 8.78 Å². The summed E-state index contributed by atoms with van der Waals surface area (Å²) in [6, 6.07) is 4.06. The lowest BCUT2D eigenvalue weighted by molar-refractivity contribution is 0.306. The lowest BCUT2D eigenvalue weighted by Gasteiger charge is -2.32. The van der Waals surface area contributed by atoms with E-state index in [0.717, 1.165) is 6.07 Å². The molecule has 1 aromatic rings. The Morgan fingerprint density at radius 1 is 1.23 bits per heavy atom. The molecule has 1 aromatic carbocycles. The van der Waals surface area contributed by atoms with Crippen LogP contribution in [0.25, 0.3) is 0 Å². The molecule has 1 unspecified atom stereocenters. The van der Waals surface area contributed by atoms with Gasteiger partial charge in [-0.3, -0.25) is 4.99 Å². The highest BCUT2D eigenvalue weighted by atomic mass is 127. The van der Waals surface area contributed by atoms with E-state index in [0.29, 0.717) is 57.0 Å². The molecule has 0 saturated carbocycles. The highest BCUT2D eigenvalue weighted by Crippen LogP contribution is 2.19. The van der Waals surface area contributed by atoms with E-state index >= 15 is 0 Å². The van der Waals surface area contributed by atoms with Crippen molar-refractivity contribution in [2.24, 2.45) is 4.99 Å². The van der Waals surface area contributed by atoms with Gasteiger partial charge in [0, 0.05) is 38.1 Å². The lowest BCUT2D eigenvalue weighted by Crippen LogP contribution is -2.50. The van der Waals surface area contributed by atoms with Crippen molar-refractivity contribution in [3.05, 3.63) is 35.4 Å². The zero-order valence-electron chi connectivity index (χ0n) is 17.8. The molecule has 1 fully saturated rings. The number of guanidine groups is 1. The zero-order chi connectivity index (χ0) is 21.4. The average Bonchev–Trinajstić information content (AvgIpc) is 2.68. The fourth-order valence-corrected chi connectivity index (χ4v) is 4.87. The van der Waals surface area contributed by atoms with Gasteiger partial charge in [-0.15, -0.1) is 24.0 Å². The van der Waals surface area contributed by atoms with Crippen molar-refractivity contribution in [3.8, 4) is 0 Å². The highest BCUT2D eigenvalue weighted by molar-refractivity contribution is 14.0. The number of rotatable bonds is 8. The Morgan fingerprint density at radius 3 is 2.47 bits per heavy atom. The largest absolute Gasteiger partial charge is 0.357 e. The first-order valence-corrected chi connectivity index (χ1v) is 11.8. The maximum Gasteiger partial charge on any atom is 0.214 e. The van der Waals surface area contributed by atoms with Gasteiger partial charge in [-0.2, -0.15) is 0 Å². The van der Waals surface area contributed by atoms with Gasteiger partial charge in [0.1, 0.15) is 0 Å². The van der Waals surface area contributed by atoms with E-state index in [9.17, 15) is 17.2 Å². The van der Waals surface area contributed by atoms with Gasteiger partial charge in [-0.25, -0.2) is 21.5 Å². The quantitative estimate of drug-likeness (QED) is 0.292. The van der Waals surface area contributed by atoms with Crippen molar-refractivity contribution < 1.29 is 17.2 Å². The van der Waals surface area contributed by atoms with E-state index in [1.807, 2.05) is 20.8 Å². The molecular formula is C20H33F2IN4O2S. The fourth-order valence-electron chi connectivity index (χ4n) is 3.33. The SMILES string of the molecule is CCCS(=O)(=O)N1CCC(NC(=NCC(C)c2ccc(F)c(F)c2)NCC)CC1.I. The van der Waals surface area contributed by atoms with Crippen LogP contribution in [0, 0.1) is 11.6 Å². The molecule has 2 rings (SSSR count). The number of halogens is 3. The van der Waals surface area contributed by atoms with Crippen LogP contribution in [0.2, 0.25) is 0 Å².